The molecule has 0 spiro atoms. The average molecular weight is 282 g/mol. The second kappa shape index (κ2) is 5.60. The van der Waals surface area contributed by atoms with Gasteiger partial charge in [0.1, 0.15) is 5.75 Å². The fraction of sp³-hybridized carbons (Fsp3) is 0.278. The van der Waals surface area contributed by atoms with Crippen LogP contribution in [0.5, 0.6) is 5.75 Å². The molecule has 0 saturated heterocycles. The molecule has 1 unspecified atom stereocenters. The summed E-state index contributed by atoms with van der Waals surface area (Å²) in [7, 11) is 1.39. The Labute approximate surface area is 124 Å². The number of aryl methyl sites for hydroxylation is 1. The first-order chi connectivity index (χ1) is 10.2. The van der Waals surface area contributed by atoms with E-state index in [1.165, 1.54) is 23.8 Å². The van der Waals surface area contributed by atoms with Crippen LogP contribution in [0.15, 0.2) is 42.5 Å². The van der Waals surface area contributed by atoms with Crippen LogP contribution in [0.25, 0.3) is 0 Å². The SMILES string of the molecule is COC(=O)c1ccc(CC2CCc3ccc(O)cc32)cc1. The molecule has 108 valence electrons. The summed E-state index contributed by atoms with van der Waals surface area (Å²) in [6, 6.07) is 13.2. The topological polar surface area (TPSA) is 46.5 Å². The number of ether oxygens (including phenoxy) is 1. The number of phenols is 1. The lowest BCUT2D eigenvalue weighted by molar-refractivity contribution is 0.0600. The molecule has 21 heavy (non-hydrogen) atoms. The van der Waals surface area contributed by atoms with Gasteiger partial charge in [0.25, 0.3) is 0 Å². The van der Waals surface area contributed by atoms with Gasteiger partial charge < -0.3 is 9.84 Å². The van der Waals surface area contributed by atoms with E-state index in [9.17, 15) is 9.90 Å². The van der Waals surface area contributed by atoms with Crippen molar-refractivity contribution >= 4 is 5.97 Å². The second-order valence-electron chi connectivity index (χ2n) is 5.51. The lowest BCUT2D eigenvalue weighted by Gasteiger charge is -2.12. The molecule has 3 rings (SSSR count). The number of fused-ring (bicyclic) bond motifs is 1. The summed E-state index contributed by atoms with van der Waals surface area (Å²) in [5, 5.41) is 9.65. The molecule has 1 N–H and O–H groups in total. The number of hydrogen-bond acceptors (Lipinski definition) is 3. The quantitative estimate of drug-likeness (QED) is 0.877. The minimum absolute atomic E-state index is 0.308. The molecule has 0 heterocycles. The number of benzene rings is 2. The van der Waals surface area contributed by atoms with Crippen LogP contribution in [0.1, 0.15) is 39.4 Å². The van der Waals surface area contributed by atoms with Crippen LogP contribution in [0.4, 0.5) is 0 Å². The third-order valence-electron chi connectivity index (χ3n) is 4.19. The summed E-state index contributed by atoms with van der Waals surface area (Å²) < 4.78 is 4.70. The minimum atomic E-state index is -0.308. The molecular weight excluding hydrogens is 264 g/mol. The number of aromatic hydroxyl groups is 1. The Morgan fingerprint density at radius 3 is 2.71 bits per heavy atom. The van der Waals surface area contributed by atoms with Gasteiger partial charge in [-0.3, -0.25) is 0 Å². The van der Waals surface area contributed by atoms with E-state index >= 15 is 0 Å². The highest BCUT2D eigenvalue weighted by Gasteiger charge is 2.23. The maximum Gasteiger partial charge on any atom is 0.337 e. The third kappa shape index (κ3) is 2.77. The zero-order valence-electron chi connectivity index (χ0n) is 12.0. The highest BCUT2D eigenvalue weighted by atomic mass is 16.5. The summed E-state index contributed by atoms with van der Waals surface area (Å²) in [6.45, 7) is 0. The van der Waals surface area contributed by atoms with Gasteiger partial charge in [-0.05, 0) is 66.1 Å². The van der Waals surface area contributed by atoms with E-state index < -0.39 is 0 Å². The molecule has 2 aromatic carbocycles. The number of esters is 1. The predicted molar refractivity (Wildman–Crippen MR) is 80.7 cm³/mol. The molecule has 0 bridgehead atoms. The molecule has 0 aliphatic heterocycles. The van der Waals surface area contributed by atoms with E-state index in [1.807, 2.05) is 24.3 Å². The Hall–Kier alpha value is -2.29. The van der Waals surface area contributed by atoms with Gasteiger partial charge in [0.05, 0.1) is 12.7 Å². The fourth-order valence-corrected chi connectivity index (χ4v) is 3.07. The Morgan fingerprint density at radius 2 is 2.00 bits per heavy atom. The molecular formula is C18H18O3. The second-order valence-corrected chi connectivity index (χ2v) is 5.51. The van der Waals surface area contributed by atoms with Crippen molar-refractivity contribution in [1.82, 2.24) is 0 Å². The molecule has 0 fully saturated rings. The van der Waals surface area contributed by atoms with Crippen molar-refractivity contribution in [3.8, 4) is 5.75 Å². The van der Waals surface area contributed by atoms with Crippen LogP contribution < -0.4 is 0 Å². The highest BCUT2D eigenvalue weighted by molar-refractivity contribution is 5.89. The maximum absolute atomic E-state index is 11.4. The first kappa shape index (κ1) is 13.7. The molecule has 0 aromatic heterocycles. The van der Waals surface area contributed by atoms with Crippen LogP contribution in [-0.2, 0) is 17.6 Å². The van der Waals surface area contributed by atoms with Gasteiger partial charge >= 0.3 is 5.97 Å². The normalized spacial score (nSPS) is 16.5. The Kier molecular flexibility index (Phi) is 3.65. The number of rotatable bonds is 3. The summed E-state index contributed by atoms with van der Waals surface area (Å²) in [5.74, 6) is 0.468. The summed E-state index contributed by atoms with van der Waals surface area (Å²) >= 11 is 0. The van der Waals surface area contributed by atoms with Crippen molar-refractivity contribution < 1.29 is 14.6 Å². The number of carbonyl (C=O) groups is 1. The molecule has 0 radical (unpaired) electrons. The largest absolute Gasteiger partial charge is 0.508 e. The first-order valence-electron chi connectivity index (χ1n) is 7.16. The molecule has 3 heteroatoms. The Bertz CT molecular complexity index is 659. The van der Waals surface area contributed by atoms with E-state index in [0.29, 0.717) is 17.2 Å². The molecule has 1 aliphatic carbocycles. The summed E-state index contributed by atoms with van der Waals surface area (Å²) in [4.78, 5) is 11.4. The molecule has 1 atom stereocenters. The van der Waals surface area contributed by atoms with Gasteiger partial charge in [0, 0.05) is 0 Å². The number of carbonyl (C=O) groups excluding carboxylic acids is 1. The minimum Gasteiger partial charge on any atom is -0.508 e. The van der Waals surface area contributed by atoms with Crippen LogP contribution in [0, 0.1) is 0 Å². The lowest BCUT2D eigenvalue weighted by atomic mass is 9.93. The monoisotopic (exact) mass is 282 g/mol. The maximum atomic E-state index is 11.4. The van der Waals surface area contributed by atoms with Gasteiger partial charge in [-0.1, -0.05) is 18.2 Å². The fourth-order valence-electron chi connectivity index (χ4n) is 3.07. The van der Waals surface area contributed by atoms with Crippen molar-refractivity contribution in [1.29, 1.82) is 0 Å². The Morgan fingerprint density at radius 1 is 1.24 bits per heavy atom. The van der Waals surface area contributed by atoms with Crippen LogP contribution in [-0.4, -0.2) is 18.2 Å². The molecule has 0 saturated carbocycles. The van der Waals surface area contributed by atoms with E-state index in [0.717, 1.165) is 19.3 Å². The number of methoxy groups -OCH3 is 1. The van der Waals surface area contributed by atoms with Crippen LogP contribution in [0.3, 0.4) is 0 Å². The molecule has 2 aromatic rings. The van der Waals surface area contributed by atoms with Crippen molar-refractivity contribution in [2.45, 2.75) is 25.2 Å². The van der Waals surface area contributed by atoms with Crippen molar-refractivity contribution in [2.75, 3.05) is 7.11 Å². The van der Waals surface area contributed by atoms with Crippen molar-refractivity contribution in [3.63, 3.8) is 0 Å². The van der Waals surface area contributed by atoms with Gasteiger partial charge in [-0.2, -0.15) is 0 Å². The number of hydrogen-bond donors (Lipinski definition) is 1. The number of phenolic OH excluding ortho intramolecular Hbond substituents is 1. The molecule has 3 nitrogen and oxygen atoms in total. The van der Waals surface area contributed by atoms with Gasteiger partial charge in [0.2, 0.25) is 0 Å². The van der Waals surface area contributed by atoms with Gasteiger partial charge in [-0.25, -0.2) is 4.79 Å². The van der Waals surface area contributed by atoms with Crippen LogP contribution in [0.2, 0.25) is 0 Å². The van der Waals surface area contributed by atoms with E-state index in [2.05, 4.69) is 0 Å². The zero-order valence-corrected chi connectivity index (χ0v) is 12.0. The summed E-state index contributed by atoms with van der Waals surface area (Å²) in [6.07, 6.45) is 3.11. The Balaban J connectivity index is 1.77. The standard InChI is InChI=1S/C18H18O3/c1-21-18(20)14-4-2-12(3-5-14)10-15-7-6-13-8-9-16(19)11-17(13)15/h2-5,8-9,11,15,19H,6-7,10H2,1H3. The predicted octanol–water partition coefficient (Wildman–Crippen LogP) is 3.45. The van der Waals surface area contributed by atoms with E-state index in [1.54, 1.807) is 18.2 Å². The molecule has 0 amide bonds. The van der Waals surface area contributed by atoms with Crippen molar-refractivity contribution in [3.05, 3.63) is 64.7 Å². The van der Waals surface area contributed by atoms with E-state index in [-0.39, 0.29) is 5.97 Å². The van der Waals surface area contributed by atoms with E-state index in [4.69, 9.17) is 4.74 Å². The summed E-state index contributed by atoms with van der Waals surface area (Å²) in [5.41, 5.74) is 4.37. The first-order valence-corrected chi connectivity index (χ1v) is 7.16. The molecule has 1 aliphatic rings. The van der Waals surface area contributed by atoms with Gasteiger partial charge in [0.15, 0.2) is 0 Å². The average Bonchev–Trinajstić information content (AvgIpc) is 2.89. The lowest BCUT2D eigenvalue weighted by Crippen LogP contribution is -2.02. The zero-order chi connectivity index (χ0) is 14.8. The van der Waals surface area contributed by atoms with Gasteiger partial charge in [-0.15, -0.1) is 0 Å². The smallest absolute Gasteiger partial charge is 0.337 e. The van der Waals surface area contributed by atoms with Crippen molar-refractivity contribution in [2.24, 2.45) is 0 Å². The van der Waals surface area contributed by atoms with Crippen LogP contribution >= 0.6 is 0 Å². The third-order valence-corrected chi connectivity index (χ3v) is 4.19. The highest BCUT2D eigenvalue weighted by Crippen LogP contribution is 2.37.